The van der Waals surface area contributed by atoms with Crippen LogP contribution < -0.4 is 0 Å². The van der Waals surface area contributed by atoms with Gasteiger partial charge in [-0.2, -0.15) is 4.31 Å². The van der Waals surface area contributed by atoms with Gasteiger partial charge in [0.05, 0.1) is 4.90 Å². The van der Waals surface area contributed by atoms with Crippen molar-refractivity contribution in [3.8, 4) is 0 Å². The summed E-state index contributed by atoms with van der Waals surface area (Å²) >= 11 is 0. The second kappa shape index (κ2) is 7.03. The highest BCUT2D eigenvalue weighted by atomic mass is 32.2. The van der Waals surface area contributed by atoms with Gasteiger partial charge in [0.1, 0.15) is 0 Å². The van der Waals surface area contributed by atoms with Gasteiger partial charge in [0.25, 0.3) is 0 Å². The molecular weight excluding hydrogens is 260 g/mol. The zero-order valence-electron chi connectivity index (χ0n) is 12.3. The molecule has 0 N–H and O–H groups in total. The topological polar surface area (TPSA) is 40.6 Å². The van der Waals surface area contributed by atoms with Crippen LogP contribution in [0.15, 0.2) is 29.2 Å². The standard InChI is InChI=1S/C14H24N2O2S/c1-5-16(12-8-11-15(3)4)19(17,18)14-10-7-6-9-13(14)2/h6-7,9-10H,5,8,11-12H2,1-4H3. The van der Waals surface area contributed by atoms with Gasteiger partial charge in [-0.15, -0.1) is 0 Å². The van der Waals surface area contributed by atoms with Crippen molar-refractivity contribution >= 4 is 10.0 Å². The summed E-state index contributed by atoms with van der Waals surface area (Å²) in [7, 11) is 0.619. The lowest BCUT2D eigenvalue weighted by Gasteiger charge is -2.22. The van der Waals surface area contributed by atoms with Crippen molar-refractivity contribution in [3.05, 3.63) is 29.8 Å². The zero-order chi connectivity index (χ0) is 14.5. The van der Waals surface area contributed by atoms with Crippen LogP contribution in [0.1, 0.15) is 18.9 Å². The van der Waals surface area contributed by atoms with E-state index < -0.39 is 10.0 Å². The van der Waals surface area contributed by atoms with Gasteiger partial charge in [-0.25, -0.2) is 8.42 Å². The third kappa shape index (κ3) is 4.30. The van der Waals surface area contributed by atoms with Crippen molar-refractivity contribution in [2.45, 2.75) is 25.2 Å². The maximum absolute atomic E-state index is 12.6. The molecule has 0 aliphatic heterocycles. The molecule has 108 valence electrons. The molecule has 1 aromatic rings. The molecule has 1 rings (SSSR count). The van der Waals surface area contributed by atoms with E-state index in [2.05, 4.69) is 4.90 Å². The summed E-state index contributed by atoms with van der Waals surface area (Å²) in [5, 5.41) is 0. The molecule has 0 fully saturated rings. The normalized spacial score (nSPS) is 12.3. The first-order valence-corrected chi connectivity index (χ1v) is 8.04. The largest absolute Gasteiger partial charge is 0.309 e. The van der Waals surface area contributed by atoms with Crippen molar-refractivity contribution in [3.63, 3.8) is 0 Å². The summed E-state index contributed by atoms with van der Waals surface area (Å²) in [5.41, 5.74) is 0.800. The predicted octanol–water partition coefficient (Wildman–Crippen LogP) is 1.96. The Balaban J connectivity index is 2.87. The molecule has 0 atom stereocenters. The second-order valence-electron chi connectivity index (χ2n) is 4.92. The summed E-state index contributed by atoms with van der Waals surface area (Å²) in [6.07, 6.45) is 0.839. The minimum atomic E-state index is -3.36. The molecule has 5 heteroatoms. The van der Waals surface area contributed by atoms with Crippen LogP contribution in [0.25, 0.3) is 0 Å². The highest BCUT2D eigenvalue weighted by Gasteiger charge is 2.23. The van der Waals surface area contributed by atoms with Crippen molar-refractivity contribution in [1.29, 1.82) is 0 Å². The average molecular weight is 284 g/mol. The van der Waals surface area contributed by atoms with Gasteiger partial charge in [-0.1, -0.05) is 25.1 Å². The minimum Gasteiger partial charge on any atom is -0.309 e. The van der Waals surface area contributed by atoms with E-state index in [1.165, 1.54) is 0 Å². The Hall–Kier alpha value is -0.910. The lowest BCUT2D eigenvalue weighted by molar-refractivity contribution is 0.356. The SMILES string of the molecule is CCN(CCCN(C)C)S(=O)(=O)c1ccccc1C. The van der Waals surface area contributed by atoms with Crippen molar-refractivity contribution in [2.24, 2.45) is 0 Å². The van der Waals surface area contributed by atoms with E-state index in [-0.39, 0.29) is 0 Å². The Morgan fingerprint density at radius 2 is 1.74 bits per heavy atom. The lowest BCUT2D eigenvalue weighted by Crippen LogP contribution is -2.33. The fourth-order valence-corrected chi connectivity index (χ4v) is 3.71. The zero-order valence-corrected chi connectivity index (χ0v) is 13.1. The molecule has 0 bridgehead atoms. The number of benzene rings is 1. The van der Waals surface area contributed by atoms with Gasteiger partial charge < -0.3 is 4.90 Å². The molecule has 0 aliphatic carbocycles. The molecule has 0 unspecified atom stereocenters. The van der Waals surface area contributed by atoms with Gasteiger partial charge in [-0.05, 0) is 45.6 Å². The van der Waals surface area contributed by atoms with Gasteiger partial charge in [-0.3, -0.25) is 0 Å². The highest BCUT2D eigenvalue weighted by molar-refractivity contribution is 7.89. The Kier molecular flexibility index (Phi) is 5.97. The van der Waals surface area contributed by atoms with Crippen LogP contribution in [0.2, 0.25) is 0 Å². The molecule has 0 heterocycles. The van der Waals surface area contributed by atoms with Gasteiger partial charge >= 0.3 is 0 Å². The average Bonchev–Trinajstić information content (AvgIpc) is 2.34. The summed E-state index contributed by atoms with van der Waals surface area (Å²) < 4.78 is 26.7. The third-order valence-corrected chi connectivity index (χ3v) is 5.21. The molecule has 0 spiro atoms. The lowest BCUT2D eigenvalue weighted by atomic mass is 10.2. The van der Waals surface area contributed by atoms with Crippen LogP contribution in [0.5, 0.6) is 0 Å². The van der Waals surface area contributed by atoms with Crippen LogP contribution in [0.3, 0.4) is 0 Å². The molecular formula is C14H24N2O2S. The number of aryl methyl sites for hydroxylation is 1. The predicted molar refractivity (Wildman–Crippen MR) is 78.8 cm³/mol. The van der Waals surface area contributed by atoms with E-state index in [0.717, 1.165) is 18.5 Å². The van der Waals surface area contributed by atoms with Crippen LogP contribution >= 0.6 is 0 Å². The number of rotatable bonds is 7. The summed E-state index contributed by atoms with van der Waals surface area (Å²) in [4.78, 5) is 2.48. The molecule has 1 aromatic carbocycles. The molecule has 0 aliphatic rings. The number of sulfonamides is 1. The summed E-state index contributed by atoms with van der Waals surface area (Å²) in [6, 6.07) is 7.14. The number of nitrogens with zero attached hydrogens (tertiary/aromatic N) is 2. The monoisotopic (exact) mass is 284 g/mol. The van der Waals surface area contributed by atoms with Crippen LogP contribution in [-0.2, 0) is 10.0 Å². The first kappa shape index (κ1) is 16.1. The van der Waals surface area contributed by atoms with Gasteiger partial charge in [0, 0.05) is 13.1 Å². The molecule has 0 saturated heterocycles. The molecule has 19 heavy (non-hydrogen) atoms. The number of hydrogen-bond donors (Lipinski definition) is 0. The van der Waals surface area contributed by atoms with E-state index in [1.807, 2.05) is 40.1 Å². The third-order valence-electron chi connectivity index (χ3n) is 3.08. The summed E-state index contributed by atoms with van der Waals surface area (Å²) in [5.74, 6) is 0. The Labute approximate surface area is 117 Å². The molecule has 0 saturated carbocycles. The van der Waals surface area contributed by atoms with Crippen LogP contribution in [0, 0.1) is 6.92 Å². The van der Waals surface area contributed by atoms with E-state index in [4.69, 9.17) is 0 Å². The first-order valence-electron chi connectivity index (χ1n) is 6.60. The van der Waals surface area contributed by atoms with Crippen LogP contribution in [0.4, 0.5) is 0 Å². The van der Waals surface area contributed by atoms with Gasteiger partial charge in [0.2, 0.25) is 10.0 Å². The number of hydrogen-bond acceptors (Lipinski definition) is 3. The summed E-state index contributed by atoms with van der Waals surface area (Å²) in [6.45, 7) is 5.67. The fourth-order valence-electron chi connectivity index (χ4n) is 2.00. The first-order chi connectivity index (χ1) is 8.89. The maximum Gasteiger partial charge on any atom is 0.243 e. The van der Waals surface area contributed by atoms with Crippen molar-refractivity contribution < 1.29 is 8.42 Å². The maximum atomic E-state index is 12.6. The van der Waals surface area contributed by atoms with Crippen molar-refractivity contribution in [2.75, 3.05) is 33.7 Å². The van der Waals surface area contributed by atoms with Gasteiger partial charge in [0.15, 0.2) is 0 Å². The van der Waals surface area contributed by atoms with E-state index >= 15 is 0 Å². The highest BCUT2D eigenvalue weighted by Crippen LogP contribution is 2.19. The molecule has 0 amide bonds. The van der Waals surface area contributed by atoms with E-state index in [1.54, 1.807) is 16.4 Å². The Bertz CT molecular complexity index is 498. The van der Waals surface area contributed by atoms with E-state index in [0.29, 0.717) is 18.0 Å². The van der Waals surface area contributed by atoms with E-state index in [9.17, 15) is 8.42 Å². The quantitative estimate of drug-likeness (QED) is 0.768. The van der Waals surface area contributed by atoms with Crippen LogP contribution in [-0.4, -0.2) is 51.4 Å². The molecule has 0 aromatic heterocycles. The Morgan fingerprint density at radius 3 is 2.26 bits per heavy atom. The Morgan fingerprint density at radius 1 is 1.11 bits per heavy atom. The fraction of sp³-hybridized carbons (Fsp3) is 0.571. The molecule has 0 radical (unpaired) electrons. The minimum absolute atomic E-state index is 0.418. The smallest absolute Gasteiger partial charge is 0.243 e. The second-order valence-corrected chi connectivity index (χ2v) is 6.83. The molecule has 4 nitrogen and oxygen atoms in total. The van der Waals surface area contributed by atoms with Crippen molar-refractivity contribution in [1.82, 2.24) is 9.21 Å².